The third kappa shape index (κ3) is 5.24. The zero-order valence-electron chi connectivity index (χ0n) is 17.2. The number of amides is 1. The number of azo groups is 1. The Morgan fingerprint density at radius 2 is 1.84 bits per heavy atom. The van der Waals surface area contributed by atoms with E-state index < -0.39 is 11.9 Å². The largest absolute Gasteiger partial charge is 0.497 e. The molecule has 2 N–H and O–H groups in total. The summed E-state index contributed by atoms with van der Waals surface area (Å²) < 4.78 is 15.4. The summed E-state index contributed by atoms with van der Waals surface area (Å²) >= 11 is 0. The fourth-order valence-electron chi connectivity index (χ4n) is 2.60. The Bertz CT molecular complexity index is 1090. The first-order chi connectivity index (χ1) is 15.0. The predicted octanol–water partition coefficient (Wildman–Crippen LogP) is 4.27. The summed E-state index contributed by atoms with van der Waals surface area (Å²) in [5.41, 5.74) is 1.47. The summed E-state index contributed by atoms with van der Waals surface area (Å²) in [5.74, 6) is 0.303. The van der Waals surface area contributed by atoms with Gasteiger partial charge in [-0.05, 0) is 43.3 Å². The van der Waals surface area contributed by atoms with Gasteiger partial charge >= 0.3 is 5.97 Å². The van der Waals surface area contributed by atoms with E-state index in [1.807, 2.05) is 0 Å². The molecule has 10 nitrogen and oxygen atoms in total. The smallest absolute Gasteiger partial charge is 0.338 e. The molecule has 0 spiro atoms. The molecule has 0 aliphatic carbocycles. The van der Waals surface area contributed by atoms with Crippen LogP contribution in [0.3, 0.4) is 0 Å². The molecular formula is C21H21N5O5. The number of hydrogen-bond acceptors (Lipinski definition) is 8. The number of carbonyl (C=O) groups excluding carboxylic acids is 2. The molecule has 3 rings (SSSR count). The van der Waals surface area contributed by atoms with Gasteiger partial charge in [0.25, 0.3) is 5.91 Å². The third-order valence-electron chi connectivity index (χ3n) is 4.14. The number of anilines is 1. The van der Waals surface area contributed by atoms with Crippen LogP contribution in [0.15, 0.2) is 59.0 Å². The molecule has 1 aromatic heterocycles. The number of ether oxygens (including phenoxy) is 3. The van der Waals surface area contributed by atoms with Gasteiger partial charge in [-0.2, -0.15) is 0 Å². The highest BCUT2D eigenvalue weighted by molar-refractivity contribution is 6.05. The number of rotatable bonds is 8. The normalized spacial score (nSPS) is 10.7. The Hall–Kier alpha value is -4.21. The fourth-order valence-corrected chi connectivity index (χ4v) is 2.60. The number of aromatic nitrogens is 2. The van der Waals surface area contributed by atoms with Gasteiger partial charge in [-0.1, -0.05) is 0 Å². The lowest BCUT2D eigenvalue weighted by molar-refractivity contribution is 0.0526. The SMILES string of the molecule is CCOC(=O)c1ccc(NC(=O)c2[nH]cnc2N=Nc2ccc(OC)cc2OC)cc1. The van der Waals surface area contributed by atoms with Crippen LogP contribution in [0.4, 0.5) is 17.2 Å². The van der Waals surface area contributed by atoms with E-state index in [9.17, 15) is 9.59 Å². The van der Waals surface area contributed by atoms with Gasteiger partial charge in [0, 0.05) is 11.8 Å². The predicted molar refractivity (Wildman–Crippen MR) is 113 cm³/mol. The maximum Gasteiger partial charge on any atom is 0.338 e. The van der Waals surface area contributed by atoms with Crippen LogP contribution in [0, 0.1) is 0 Å². The number of methoxy groups -OCH3 is 2. The van der Waals surface area contributed by atoms with Crippen LogP contribution >= 0.6 is 0 Å². The molecular weight excluding hydrogens is 402 g/mol. The zero-order valence-corrected chi connectivity index (χ0v) is 17.2. The van der Waals surface area contributed by atoms with E-state index in [2.05, 4.69) is 25.5 Å². The number of benzene rings is 2. The monoisotopic (exact) mass is 423 g/mol. The van der Waals surface area contributed by atoms with Gasteiger partial charge in [-0.15, -0.1) is 10.2 Å². The number of imidazole rings is 1. The van der Waals surface area contributed by atoms with Gasteiger partial charge in [0.05, 0.1) is 32.7 Å². The first kappa shape index (κ1) is 21.5. The number of aromatic amines is 1. The van der Waals surface area contributed by atoms with E-state index >= 15 is 0 Å². The fraction of sp³-hybridized carbons (Fsp3) is 0.190. The van der Waals surface area contributed by atoms with Crippen molar-refractivity contribution in [2.45, 2.75) is 6.92 Å². The van der Waals surface area contributed by atoms with E-state index in [1.54, 1.807) is 56.5 Å². The Morgan fingerprint density at radius 3 is 2.52 bits per heavy atom. The average Bonchev–Trinajstić information content (AvgIpc) is 3.27. The molecule has 0 fully saturated rings. The summed E-state index contributed by atoms with van der Waals surface area (Å²) in [7, 11) is 3.06. The first-order valence-electron chi connectivity index (χ1n) is 9.31. The van der Waals surface area contributed by atoms with Gasteiger partial charge in [-0.25, -0.2) is 9.78 Å². The molecule has 0 aliphatic heterocycles. The van der Waals surface area contributed by atoms with Crippen molar-refractivity contribution >= 4 is 29.1 Å². The molecule has 0 saturated heterocycles. The van der Waals surface area contributed by atoms with Crippen LogP contribution in [0.25, 0.3) is 0 Å². The summed E-state index contributed by atoms with van der Waals surface area (Å²) in [4.78, 5) is 31.1. The highest BCUT2D eigenvalue weighted by Gasteiger charge is 2.15. The van der Waals surface area contributed by atoms with Gasteiger partial charge < -0.3 is 24.5 Å². The van der Waals surface area contributed by atoms with Crippen LogP contribution in [0.2, 0.25) is 0 Å². The summed E-state index contributed by atoms with van der Waals surface area (Å²) in [6, 6.07) is 11.4. The summed E-state index contributed by atoms with van der Waals surface area (Å²) in [6.45, 7) is 2.02. The van der Waals surface area contributed by atoms with Crippen LogP contribution in [0.5, 0.6) is 11.5 Å². The molecule has 160 valence electrons. The number of nitrogens with one attached hydrogen (secondary N) is 2. The molecule has 1 amide bonds. The zero-order chi connectivity index (χ0) is 22.2. The van der Waals surface area contributed by atoms with Gasteiger partial charge in [-0.3, -0.25) is 4.79 Å². The van der Waals surface area contributed by atoms with Crippen LogP contribution in [-0.2, 0) is 4.74 Å². The van der Waals surface area contributed by atoms with E-state index in [-0.39, 0.29) is 18.1 Å². The van der Waals surface area contributed by atoms with E-state index in [4.69, 9.17) is 14.2 Å². The lowest BCUT2D eigenvalue weighted by Gasteiger charge is -2.06. The standard InChI is InChI=1S/C21H21N5O5/c1-4-31-21(28)13-5-7-14(8-6-13)24-20(27)18-19(23-12-22-18)26-25-16-10-9-15(29-2)11-17(16)30-3/h5-12H,4H2,1-3H3,(H,22,23)(H,24,27). The maximum atomic E-state index is 12.6. The molecule has 0 aliphatic rings. The molecule has 0 bridgehead atoms. The number of esters is 1. The van der Waals surface area contributed by atoms with Crippen molar-refractivity contribution in [3.8, 4) is 11.5 Å². The number of carbonyl (C=O) groups is 2. The van der Waals surface area contributed by atoms with Crippen molar-refractivity contribution < 1.29 is 23.8 Å². The number of H-pyrrole nitrogens is 1. The molecule has 2 aromatic carbocycles. The Labute approximate surface area is 178 Å². The van der Waals surface area contributed by atoms with Crippen molar-refractivity contribution in [3.63, 3.8) is 0 Å². The number of hydrogen-bond donors (Lipinski definition) is 2. The molecule has 10 heteroatoms. The molecule has 0 saturated carbocycles. The third-order valence-corrected chi connectivity index (χ3v) is 4.14. The van der Waals surface area contributed by atoms with Gasteiger partial charge in [0.15, 0.2) is 5.69 Å². The Balaban J connectivity index is 1.73. The van der Waals surface area contributed by atoms with Crippen molar-refractivity contribution in [2.24, 2.45) is 10.2 Å². The Morgan fingerprint density at radius 1 is 1.06 bits per heavy atom. The van der Waals surface area contributed by atoms with Crippen LogP contribution in [0.1, 0.15) is 27.8 Å². The molecule has 3 aromatic rings. The Kier molecular flexibility index (Phi) is 6.94. The molecule has 0 radical (unpaired) electrons. The lowest BCUT2D eigenvalue weighted by atomic mass is 10.2. The molecule has 1 heterocycles. The van der Waals surface area contributed by atoms with Gasteiger partial charge in [0.2, 0.25) is 5.82 Å². The van der Waals surface area contributed by atoms with Crippen molar-refractivity contribution in [2.75, 3.05) is 26.1 Å². The van der Waals surface area contributed by atoms with Crippen molar-refractivity contribution in [1.29, 1.82) is 0 Å². The first-order valence-corrected chi connectivity index (χ1v) is 9.31. The van der Waals surface area contributed by atoms with Gasteiger partial charge in [0.1, 0.15) is 17.2 Å². The minimum absolute atomic E-state index is 0.110. The van der Waals surface area contributed by atoms with Crippen molar-refractivity contribution in [3.05, 3.63) is 60.0 Å². The second-order valence-electron chi connectivity index (χ2n) is 6.09. The quantitative estimate of drug-likeness (QED) is 0.411. The van der Waals surface area contributed by atoms with E-state index in [0.29, 0.717) is 28.4 Å². The second kappa shape index (κ2) is 10.0. The van der Waals surface area contributed by atoms with Crippen LogP contribution < -0.4 is 14.8 Å². The highest BCUT2D eigenvalue weighted by atomic mass is 16.5. The van der Waals surface area contributed by atoms with E-state index in [0.717, 1.165) is 0 Å². The molecule has 31 heavy (non-hydrogen) atoms. The lowest BCUT2D eigenvalue weighted by Crippen LogP contribution is -2.13. The molecule has 0 atom stereocenters. The minimum Gasteiger partial charge on any atom is -0.497 e. The highest BCUT2D eigenvalue weighted by Crippen LogP contribution is 2.32. The van der Waals surface area contributed by atoms with Crippen molar-refractivity contribution in [1.82, 2.24) is 9.97 Å². The average molecular weight is 423 g/mol. The number of nitrogens with zero attached hydrogens (tertiary/aromatic N) is 3. The van der Waals surface area contributed by atoms with Crippen LogP contribution in [-0.4, -0.2) is 42.7 Å². The summed E-state index contributed by atoms with van der Waals surface area (Å²) in [5, 5.41) is 10.9. The minimum atomic E-state index is -0.461. The molecule has 0 unspecified atom stereocenters. The second-order valence-corrected chi connectivity index (χ2v) is 6.09. The summed E-state index contributed by atoms with van der Waals surface area (Å²) in [6.07, 6.45) is 1.35. The maximum absolute atomic E-state index is 12.6. The van der Waals surface area contributed by atoms with E-state index in [1.165, 1.54) is 13.4 Å². The topological polar surface area (TPSA) is 127 Å².